The maximum Gasteiger partial charge on any atom is 0.144 e. The van der Waals surface area contributed by atoms with Crippen molar-refractivity contribution in [2.75, 3.05) is 13.1 Å². The zero-order valence-corrected chi connectivity index (χ0v) is 16.6. The number of nitrogens with zero attached hydrogens (tertiary/aromatic N) is 2. The molecule has 5 heteroatoms. The number of rotatable bonds is 5. The highest BCUT2D eigenvalue weighted by Crippen LogP contribution is 2.35. The zero-order valence-electron chi connectivity index (χ0n) is 15.9. The van der Waals surface area contributed by atoms with Crippen LogP contribution in [-0.4, -0.2) is 35.6 Å². The smallest absolute Gasteiger partial charge is 0.144 e. The van der Waals surface area contributed by atoms with Gasteiger partial charge in [-0.3, -0.25) is 0 Å². The van der Waals surface area contributed by atoms with E-state index in [-0.39, 0.29) is 5.66 Å². The lowest BCUT2D eigenvalue weighted by Crippen LogP contribution is -2.58. The molecule has 0 radical (unpaired) electrons. The summed E-state index contributed by atoms with van der Waals surface area (Å²) in [5.74, 6) is 0.861. The van der Waals surface area contributed by atoms with Crippen LogP contribution in [0.15, 0.2) is 28.3 Å². The van der Waals surface area contributed by atoms with Gasteiger partial charge >= 0.3 is 0 Å². The van der Waals surface area contributed by atoms with E-state index < -0.39 is 0 Å². The number of piperidine rings is 1. The van der Waals surface area contributed by atoms with Crippen LogP contribution in [0.2, 0.25) is 0 Å². The van der Waals surface area contributed by atoms with Gasteiger partial charge in [0, 0.05) is 29.5 Å². The Bertz CT molecular complexity index is 520. The summed E-state index contributed by atoms with van der Waals surface area (Å²) in [5.41, 5.74) is 4.59. The molecule has 2 aliphatic rings. The molecule has 1 spiro atoms. The summed E-state index contributed by atoms with van der Waals surface area (Å²) < 4.78 is 0. The van der Waals surface area contributed by atoms with Crippen LogP contribution in [-0.2, 0) is 0 Å². The molecule has 0 bridgehead atoms. The van der Waals surface area contributed by atoms with Crippen LogP contribution in [0.4, 0.5) is 0 Å². The summed E-state index contributed by atoms with van der Waals surface area (Å²) >= 11 is 6.02. The molecule has 2 N–H and O–H groups in total. The Kier molecular flexibility index (Phi) is 6.16. The molecule has 1 atom stereocenters. The van der Waals surface area contributed by atoms with Crippen LogP contribution >= 0.6 is 11.6 Å². The molecule has 0 aromatic rings. The average molecular weight is 353 g/mol. The molecule has 0 saturated carbocycles. The number of hydrogen-bond acceptors (Lipinski definition) is 4. The highest BCUT2D eigenvalue weighted by Gasteiger charge is 2.45. The van der Waals surface area contributed by atoms with E-state index in [2.05, 4.69) is 50.0 Å². The molecule has 136 valence electrons. The van der Waals surface area contributed by atoms with Crippen LogP contribution in [0, 0.1) is 5.41 Å². The predicted molar refractivity (Wildman–Crippen MR) is 104 cm³/mol. The van der Waals surface area contributed by atoms with Crippen molar-refractivity contribution in [3.8, 4) is 0 Å². The summed E-state index contributed by atoms with van der Waals surface area (Å²) in [7, 11) is 0. The summed E-state index contributed by atoms with van der Waals surface area (Å²) in [6.45, 7) is 17.2. The topological polar surface area (TPSA) is 39.7 Å². The molecule has 2 rings (SSSR count). The second-order valence-electron chi connectivity index (χ2n) is 8.38. The van der Waals surface area contributed by atoms with Gasteiger partial charge in [0.1, 0.15) is 11.5 Å². The first-order valence-electron chi connectivity index (χ1n) is 9.03. The summed E-state index contributed by atoms with van der Waals surface area (Å²) in [6, 6.07) is 0.414. The second-order valence-corrected chi connectivity index (χ2v) is 8.98. The molecule has 4 nitrogen and oxygen atoms in total. The largest absolute Gasteiger partial charge is 0.316 e. The zero-order chi connectivity index (χ0) is 18.0. The number of amidine groups is 1. The summed E-state index contributed by atoms with van der Waals surface area (Å²) in [5, 5.41) is 6.55. The van der Waals surface area contributed by atoms with Gasteiger partial charge in [-0.25, -0.2) is 4.99 Å². The fraction of sp³-hybridized carbons (Fsp3) is 0.737. The minimum absolute atomic E-state index is 0.158. The normalized spacial score (nSPS) is 23.1. The van der Waals surface area contributed by atoms with E-state index in [0.29, 0.717) is 11.5 Å². The molecule has 0 aliphatic carbocycles. The van der Waals surface area contributed by atoms with Gasteiger partial charge in [0.2, 0.25) is 0 Å². The van der Waals surface area contributed by atoms with Gasteiger partial charge in [0.05, 0.1) is 0 Å². The third-order valence-electron chi connectivity index (χ3n) is 4.83. The molecule has 0 aromatic heterocycles. The maximum atomic E-state index is 6.02. The summed E-state index contributed by atoms with van der Waals surface area (Å²) in [6.07, 6.45) is 6.24. The Balaban J connectivity index is 2.18. The van der Waals surface area contributed by atoms with E-state index in [9.17, 15) is 0 Å². The molecular formula is C19H33ClN4. The highest BCUT2D eigenvalue weighted by atomic mass is 35.5. The van der Waals surface area contributed by atoms with Crippen molar-refractivity contribution < 1.29 is 0 Å². The number of allylic oxidation sites excluding steroid dienone is 1. The minimum atomic E-state index is -0.158. The maximum absolute atomic E-state index is 6.02. The highest BCUT2D eigenvalue weighted by molar-refractivity contribution is 6.29. The Morgan fingerprint density at radius 3 is 2.58 bits per heavy atom. The standard InChI is InChI=1S/C19H33ClN4/c1-14(13-15(2)20)17-22-19(9-11-21-12-10-19)24(23-17)16(3)7-8-18(4,5)6/h13,16,21H,1,7-12H2,2-6H3,(H,22,23)/b15-13+. The first-order chi connectivity index (χ1) is 11.1. The molecule has 0 amide bonds. The first-order valence-corrected chi connectivity index (χ1v) is 9.40. The Morgan fingerprint density at radius 2 is 2.04 bits per heavy atom. The quantitative estimate of drug-likeness (QED) is 0.728. The van der Waals surface area contributed by atoms with E-state index in [1.165, 1.54) is 6.42 Å². The van der Waals surface area contributed by atoms with Gasteiger partial charge in [-0.2, -0.15) is 5.01 Å². The van der Waals surface area contributed by atoms with E-state index in [4.69, 9.17) is 16.6 Å². The lowest BCUT2D eigenvalue weighted by atomic mass is 9.88. The molecular weight excluding hydrogens is 320 g/mol. The molecule has 1 fully saturated rings. The molecule has 0 aromatic carbocycles. The number of nitrogens with one attached hydrogen (secondary N) is 2. The lowest BCUT2D eigenvalue weighted by Gasteiger charge is -2.42. The second kappa shape index (κ2) is 7.59. The van der Waals surface area contributed by atoms with Crippen molar-refractivity contribution in [1.82, 2.24) is 15.8 Å². The summed E-state index contributed by atoms with van der Waals surface area (Å²) in [4.78, 5) is 5.07. The first kappa shape index (κ1) is 19.5. The van der Waals surface area contributed by atoms with Gasteiger partial charge in [-0.15, -0.1) is 0 Å². The number of halogens is 1. The van der Waals surface area contributed by atoms with Crippen LogP contribution < -0.4 is 10.7 Å². The van der Waals surface area contributed by atoms with Gasteiger partial charge in [0.25, 0.3) is 0 Å². The lowest BCUT2D eigenvalue weighted by molar-refractivity contribution is 0.0157. The molecule has 1 unspecified atom stereocenters. The molecule has 24 heavy (non-hydrogen) atoms. The van der Waals surface area contributed by atoms with Crippen molar-refractivity contribution in [2.45, 2.75) is 72.0 Å². The Hall–Kier alpha value is -0.840. The van der Waals surface area contributed by atoms with Crippen molar-refractivity contribution in [2.24, 2.45) is 10.4 Å². The predicted octanol–water partition coefficient (Wildman–Crippen LogP) is 4.20. The van der Waals surface area contributed by atoms with E-state index >= 15 is 0 Å². The number of aliphatic imine (C=N–C) groups is 1. The van der Waals surface area contributed by atoms with Crippen molar-refractivity contribution in [3.63, 3.8) is 0 Å². The Morgan fingerprint density at radius 1 is 1.42 bits per heavy atom. The van der Waals surface area contributed by atoms with Crippen molar-refractivity contribution in [3.05, 3.63) is 23.3 Å². The van der Waals surface area contributed by atoms with Crippen molar-refractivity contribution >= 4 is 17.4 Å². The van der Waals surface area contributed by atoms with Crippen LogP contribution in [0.5, 0.6) is 0 Å². The van der Waals surface area contributed by atoms with Gasteiger partial charge in [-0.1, -0.05) is 39.0 Å². The number of hydrazine groups is 1. The third-order valence-corrected chi connectivity index (χ3v) is 4.94. The van der Waals surface area contributed by atoms with Gasteiger partial charge in [-0.05, 0) is 51.3 Å². The van der Waals surface area contributed by atoms with E-state index in [1.54, 1.807) is 0 Å². The minimum Gasteiger partial charge on any atom is -0.316 e. The van der Waals surface area contributed by atoms with Crippen LogP contribution in [0.3, 0.4) is 0 Å². The SMILES string of the molecule is C=C(/C=C(\C)Cl)C1=NC2(CCNCC2)N(C(C)CCC(C)(C)C)N1. The fourth-order valence-corrected chi connectivity index (χ4v) is 3.56. The Labute approximate surface area is 152 Å². The van der Waals surface area contributed by atoms with E-state index in [0.717, 1.165) is 48.8 Å². The third kappa shape index (κ3) is 4.84. The molecule has 2 heterocycles. The van der Waals surface area contributed by atoms with E-state index in [1.807, 2.05) is 13.0 Å². The molecule has 1 saturated heterocycles. The molecule has 2 aliphatic heterocycles. The van der Waals surface area contributed by atoms with Crippen LogP contribution in [0.1, 0.15) is 60.3 Å². The fourth-order valence-electron chi connectivity index (χ4n) is 3.43. The average Bonchev–Trinajstić information content (AvgIpc) is 2.83. The van der Waals surface area contributed by atoms with Gasteiger partial charge in [0.15, 0.2) is 0 Å². The van der Waals surface area contributed by atoms with Crippen LogP contribution in [0.25, 0.3) is 0 Å². The van der Waals surface area contributed by atoms with Gasteiger partial charge < -0.3 is 10.7 Å². The van der Waals surface area contributed by atoms with Crippen molar-refractivity contribution in [1.29, 1.82) is 0 Å². The number of hydrogen-bond donors (Lipinski definition) is 2. The monoisotopic (exact) mass is 352 g/mol.